The lowest BCUT2D eigenvalue weighted by atomic mass is 10.1. The number of aromatic nitrogens is 1. The Kier molecular flexibility index (Phi) is 4.89. The molecule has 0 unspecified atom stereocenters. The minimum atomic E-state index is -0.217. The summed E-state index contributed by atoms with van der Waals surface area (Å²) in [6.07, 6.45) is 1.66. The molecule has 0 fully saturated rings. The summed E-state index contributed by atoms with van der Waals surface area (Å²) in [5.41, 5.74) is 2.74. The zero-order chi connectivity index (χ0) is 19.3. The lowest BCUT2D eigenvalue weighted by molar-refractivity contribution is 0.102. The second kappa shape index (κ2) is 7.80. The van der Waals surface area contributed by atoms with Crippen molar-refractivity contribution in [2.45, 2.75) is 0 Å². The number of rotatable bonds is 5. The molecular weight excluding hydrogens is 352 g/mol. The van der Waals surface area contributed by atoms with Crippen molar-refractivity contribution in [2.75, 3.05) is 12.4 Å². The average molecular weight is 370 g/mol. The zero-order valence-corrected chi connectivity index (χ0v) is 15.3. The third-order valence-corrected chi connectivity index (χ3v) is 4.31. The topological polar surface area (TPSA) is 64.4 Å². The number of para-hydroxylation sites is 1. The fourth-order valence-electron chi connectivity index (χ4n) is 2.87. The molecule has 0 aliphatic heterocycles. The first-order chi connectivity index (χ1) is 13.7. The van der Waals surface area contributed by atoms with Gasteiger partial charge in [0.05, 0.1) is 18.9 Å². The molecule has 5 nitrogen and oxygen atoms in total. The molecule has 0 saturated carbocycles. The normalized spacial score (nSPS) is 10.5. The maximum absolute atomic E-state index is 12.8. The molecule has 0 radical (unpaired) electrons. The van der Waals surface area contributed by atoms with Crippen molar-refractivity contribution in [3.05, 3.63) is 90.6 Å². The fraction of sp³-hybridized carbons (Fsp3) is 0.0435. The van der Waals surface area contributed by atoms with Crippen molar-refractivity contribution in [1.29, 1.82) is 0 Å². The standard InChI is InChI=1S/C23H18N2O3/c1-27-18-13-11-16(12-14-18)21-15-24-23(28-21)20-10-6-5-9-19(20)22(26)25-17-7-3-2-4-8-17/h2-15H,1H3,(H,25,26). The molecule has 0 atom stereocenters. The summed E-state index contributed by atoms with van der Waals surface area (Å²) < 4.78 is 11.1. The molecule has 28 heavy (non-hydrogen) atoms. The van der Waals surface area contributed by atoms with Crippen LogP contribution in [0.1, 0.15) is 10.4 Å². The minimum Gasteiger partial charge on any atom is -0.497 e. The smallest absolute Gasteiger partial charge is 0.256 e. The van der Waals surface area contributed by atoms with Gasteiger partial charge in [-0.2, -0.15) is 0 Å². The highest BCUT2D eigenvalue weighted by Crippen LogP contribution is 2.29. The molecule has 0 saturated heterocycles. The van der Waals surface area contributed by atoms with E-state index in [-0.39, 0.29) is 5.91 Å². The summed E-state index contributed by atoms with van der Waals surface area (Å²) in [5, 5.41) is 2.90. The van der Waals surface area contributed by atoms with Crippen molar-refractivity contribution in [3.63, 3.8) is 0 Å². The second-order valence-corrected chi connectivity index (χ2v) is 6.12. The van der Waals surface area contributed by atoms with Crippen LogP contribution in [0.15, 0.2) is 89.5 Å². The third-order valence-electron chi connectivity index (χ3n) is 4.31. The van der Waals surface area contributed by atoms with Crippen LogP contribution in [0.5, 0.6) is 5.75 Å². The number of carbonyl (C=O) groups excluding carboxylic acids is 1. The number of ether oxygens (including phenoxy) is 1. The van der Waals surface area contributed by atoms with Gasteiger partial charge in [-0.25, -0.2) is 4.98 Å². The Balaban J connectivity index is 1.63. The molecule has 4 rings (SSSR count). The van der Waals surface area contributed by atoms with Gasteiger partial charge < -0.3 is 14.5 Å². The summed E-state index contributed by atoms with van der Waals surface area (Å²) in [4.78, 5) is 17.1. The van der Waals surface area contributed by atoms with Gasteiger partial charge in [-0.1, -0.05) is 30.3 Å². The number of hydrogen-bond donors (Lipinski definition) is 1. The molecule has 1 aromatic heterocycles. The number of hydrogen-bond acceptors (Lipinski definition) is 4. The predicted octanol–water partition coefficient (Wildman–Crippen LogP) is 5.27. The third kappa shape index (κ3) is 3.64. The monoisotopic (exact) mass is 370 g/mol. The molecule has 1 N–H and O–H groups in total. The number of nitrogens with one attached hydrogen (secondary N) is 1. The first kappa shape index (κ1) is 17.5. The van der Waals surface area contributed by atoms with Crippen LogP contribution in [0, 0.1) is 0 Å². The highest BCUT2D eigenvalue weighted by molar-refractivity contribution is 6.08. The Bertz CT molecular complexity index is 1090. The molecule has 1 heterocycles. The van der Waals surface area contributed by atoms with Crippen molar-refractivity contribution < 1.29 is 13.9 Å². The summed E-state index contributed by atoms with van der Waals surface area (Å²) in [7, 11) is 1.62. The Hall–Kier alpha value is -3.86. The molecule has 0 aliphatic carbocycles. The number of anilines is 1. The van der Waals surface area contributed by atoms with Gasteiger partial charge in [0, 0.05) is 16.8 Å². The summed E-state index contributed by atoms with van der Waals surface area (Å²) >= 11 is 0. The molecule has 3 aromatic carbocycles. The molecule has 1 amide bonds. The quantitative estimate of drug-likeness (QED) is 0.520. The molecule has 0 aliphatic rings. The highest BCUT2D eigenvalue weighted by Gasteiger charge is 2.17. The lowest BCUT2D eigenvalue weighted by Gasteiger charge is -2.08. The van der Waals surface area contributed by atoms with E-state index in [0.717, 1.165) is 17.0 Å². The van der Waals surface area contributed by atoms with Gasteiger partial charge in [-0.05, 0) is 48.5 Å². The maximum atomic E-state index is 12.8. The molecule has 5 heteroatoms. The van der Waals surface area contributed by atoms with E-state index in [0.29, 0.717) is 22.8 Å². The molecular formula is C23H18N2O3. The van der Waals surface area contributed by atoms with Crippen LogP contribution in [0.3, 0.4) is 0 Å². The molecule has 0 bridgehead atoms. The van der Waals surface area contributed by atoms with Crippen molar-refractivity contribution in [2.24, 2.45) is 0 Å². The number of oxazole rings is 1. The van der Waals surface area contributed by atoms with Crippen molar-refractivity contribution in [3.8, 4) is 28.5 Å². The maximum Gasteiger partial charge on any atom is 0.256 e. The lowest BCUT2D eigenvalue weighted by Crippen LogP contribution is -2.13. The van der Waals surface area contributed by atoms with Crippen LogP contribution in [-0.4, -0.2) is 18.0 Å². The first-order valence-electron chi connectivity index (χ1n) is 8.80. The number of methoxy groups -OCH3 is 1. The van der Waals surface area contributed by atoms with Gasteiger partial charge in [0.1, 0.15) is 5.75 Å². The Morgan fingerprint density at radius 3 is 2.39 bits per heavy atom. The average Bonchev–Trinajstić information content (AvgIpc) is 3.25. The van der Waals surface area contributed by atoms with E-state index in [2.05, 4.69) is 10.3 Å². The van der Waals surface area contributed by atoms with E-state index < -0.39 is 0 Å². The summed E-state index contributed by atoms with van der Waals surface area (Å²) in [6.45, 7) is 0. The number of benzene rings is 3. The zero-order valence-electron chi connectivity index (χ0n) is 15.3. The highest BCUT2D eigenvalue weighted by atomic mass is 16.5. The summed E-state index contributed by atoms with van der Waals surface area (Å²) in [5.74, 6) is 1.57. The summed E-state index contributed by atoms with van der Waals surface area (Å²) in [6, 6.07) is 24.1. The van der Waals surface area contributed by atoms with Crippen LogP contribution in [0.2, 0.25) is 0 Å². The second-order valence-electron chi connectivity index (χ2n) is 6.12. The van der Waals surface area contributed by atoms with Crippen molar-refractivity contribution in [1.82, 2.24) is 4.98 Å². The predicted molar refractivity (Wildman–Crippen MR) is 108 cm³/mol. The largest absolute Gasteiger partial charge is 0.497 e. The number of carbonyl (C=O) groups is 1. The molecule has 4 aromatic rings. The number of amides is 1. The Morgan fingerprint density at radius 1 is 0.929 bits per heavy atom. The SMILES string of the molecule is COc1ccc(-c2cnc(-c3ccccc3C(=O)Nc3ccccc3)o2)cc1. The van der Waals surface area contributed by atoms with Crippen molar-refractivity contribution >= 4 is 11.6 Å². The van der Waals surface area contributed by atoms with E-state index in [1.54, 1.807) is 19.4 Å². The van der Waals surface area contributed by atoms with Gasteiger partial charge in [0.25, 0.3) is 5.91 Å². The van der Waals surface area contributed by atoms with Crippen LogP contribution < -0.4 is 10.1 Å². The van der Waals surface area contributed by atoms with Crippen LogP contribution in [0.25, 0.3) is 22.8 Å². The van der Waals surface area contributed by atoms with E-state index in [9.17, 15) is 4.79 Å². The first-order valence-corrected chi connectivity index (χ1v) is 8.80. The van der Waals surface area contributed by atoms with Gasteiger partial charge in [-0.15, -0.1) is 0 Å². The number of nitrogens with zero attached hydrogens (tertiary/aromatic N) is 1. The fourth-order valence-corrected chi connectivity index (χ4v) is 2.87. The van der Waals surface area contributed by atoms with E-state index in [4.69, 9.17) is 9.15 Å². The van der Waals surface area contributed by atoms with Gasteiger partial charge in [0.15, 0.2) is 5.76 Å². The Labute approximate surface area is 162 Å². The van der Waals surface area contributed by atoms with E-state index in [1.807, 2.05) is 72.8 Å². The molecule has 0 spiro atoms. The van der Waals surface area contributed by atoms with E-state index in [1.165, 1.54) is 0 Å². The van der Waals surface area contributed by atoms with Crippen LogP contribution >= 0.6 is 0 Å². The van der Waals surface area contributed by atoms with Crippen LogP contribution in [-0.2, 0) is 0 Å². The van der Waals surface area contributed by atoms with Gasteiger partial charge >= 0.3 is 0 Å². The minimum absolute atomic E-state index is 0.217. The van der Waals surface area contributed by atoms with Crippen LogP contribution in [0.4, 0.5) is 5.69 Å². The van der Waals surface area contributed by atoms with E-state index >= 15 is 0 Å². The van der Waals surface area contributed by atoms with Gasteiger partial charge in [0.2, 0.25) is 5.89 Å². The Morgan fingerprint density at radius 2 is 1.64 bits per heavy atom. The van der Waals surface area contributed by atoms with Gasteiger partial charge in [-0.3, -0.25) is 4.79 Å². The molecule has 138 valence electrons.